The second-order valence-corrected chi connectivity index (χ2v) is 7.17. The molecule has 5 rings (SSSR count). The number of carbonyl (C=O) groups is 1. The third-order valence-corrected chi connectivity index (χ3v) is 4.88. The number of hydrogen-bond donors (Lipinski definition) is 3. The van der Waals surface area contributed by atoms with Crippen LogP contribution in [0.3, 0.4) is 0 Å². The van der Waals surface area contributed by atoms with Crippen LogP contribution >= 0.6 is 0 Å². The highest BCUT2D eigenvalue weighted by molar-refractivity contribution is 5.95. The molecule has 1 saturated carbocycles. The highest BCUT2D eigenvalue weighted by Crippen LogP contribution is 2.29. The molecule has 11 heteroatoms. The van der Waals surface area contributed by atoms with E-state index in [1.165, 1.54) is 17.0 Å². The Hall–Kier alpha value is -4.46. The molecule has 0 saturated heterocycles. The summed E-state index contributed by atoms with van der Waals surface area (Å²) in [4.78, 5) is 20.6. The molecule has 3 heterocycles. The molecular weight excluding hydrogens is 396 g/mol. The van der Waals surface area contributed by atoms with Gasteiger partial charge in [-0.05, 0) is 31.0 Å². The van der Waals surface area contributed by atoms with Crippen molar-refractivity contribution in [3.63, 3.8) is 0 Å². The van der Waals surface area contributed by atoms with Crippen LogP contribution in [0, 0.1) is 11.3 Å². The highest BCUT2D eigenvalue weighted by atomic mass is 16.1. The molecule has 11 nitrogen and oxygen atoms in total. The Balaban J connectivity index is 1.58. The molecule has 1 aliphatic carbocycles. The monoisotopic (exact) mass is 414 g/mol. The third kappa shape index (κ3) is 3.62. The lowest BCUT2D eigenvalue weighted by atomic mass is 10.1. The van der Waals surface area contributed by atoms with Crippen molar-refractivity contribution in [2.75, 3.05) is 17.7 Å². The third-order valence-electron chi connectivity index (χ3n) is 4.88. The minimum Gasteiger partial charge on any atom is -0.379 e. The largest absolute Gasteiger partial charge is 0.379 e. The van der Waals surface area contributed by atoms with Gasteiger partial charge in [-0.1, -0.05) is 0 Å². The maximum Gasteiger partial charge on any atom is 0.251 e. The molecule has 1 aliphatic rings. The fourth-order valence-corrected chi connectivity index (χ4v) is 3.24. The maximum absolute atomic E-state index is 12.3. The summed E-state index contributed by atoms with van der Waals surface area (Å²) in [5, 5.41) is 27.4. The number of nitrogens with zero attached hydrogens (tertiary/aromatic N) is 7. The van der Waals surface area contributed by atoms with E-state index < -0.39 is 0 Å². The van der Waals surface area contributed by atoms with Gasteiger partial charge in [-0.3, -0.25) is 4.79 Å². The summed E-state index contributed by atoms with van der Waals surface area (Å²) in [6.45, 7) is 0. The van der Waals surface area contributed by atoms with Crippen LogP contribution in [0.4, 0.5) is 17.2 Å². The van der Waals surface area contributed by atoms with E-state index in [1.807, 2.05) is 12.1 Å². The summed E-state index contributed by atoms with van der Waals surface area (Å²) in [6.07, 6.45) is 6.67. The lowest BCUT2D eigenvalue weighted by molar-refractivity contribution is 0.0963. The van der Waals surface area contributed by atoms with E-state index in [1.54, 1.807) is 30.2 Å². The maximum atomic E-state index is 12.3. The molecular formula is C20H18N10O. The molecule has 0 unspecified atom stereocenters. The van der Waals surface area contributed by atoms with Crippen molar-refractivity contribution in [3.8, 4) is 11.8 Å². The molecule has 3 N–H and O–H groups in total. The SMILES string of the molecule is CNC(=O)c1cc(Nc2cc(NC3CC3)c3ncc(C#N)n3n2)cc(-n2cncn2)c1. The Morgan fingerprint density at radius 3 is 2.84 bits per heavy atom. The first-order valence-electron chi connectivity index (χ1n) is 9.69. The van der Waals surface area contributed by atoms with Crippen molar-refractivity contribution in [3.05, 3.63) is 54.4 Å². The number of amides is 1. The van der Waals surface area contributed by atoms with Crippen molar-refractivity contribution in [1.82, 2.24) is 34.7 Å². The molecule has 1 amide bonds. The lowest BCUT2D eigenvalue weighted by Gasteiger charge is -2.13. The number of anilines is 3. The van der Waals surface area contributed by atoms with Gasteiger partial charge < -0.3 is 16.0 Å². The molecule has 0 atom stereocenters. The number of carbonyl (C=O) groups excluding carboxylic acids is 1. The van der Waals surface area contributed by atoms with Crippen LogP contribution in [-0.2, 0) is 0 Å². The van der Waals surface area contributed by atoms with Crippen LogP contribution in [0.2, 0.25) is 0 Å². The van der Waals surface area contributed by atoms with E-state index in [9.17, 15) is 10.1 Å². The van der Waals surface area contributed by atoms with Crippen molar-refractivity contribution < 1.29 is 4.79 Å². The smallest absolute Gasteiger partial charge is 0.251 e. The molecule has 1 aromatic carbocycles. The predicted molar refractivity (Wildman–Crippen MR) is 112 cm³/mol. The van der Waals surface area contributed by atoms with Crippen molar-refractivity contribution in [1.29, 1.82) is 5.26 Å². The predicted octanol–water partition coefficient (Wildman–Crippen LogP) is 1.86. The molecule has 3 aromatic heterocycles. The molecule has 0 radical (unpaired) electrons. The fourth-order valence-electron chi connectivity index (χ4n) is 3.24. The number of rotatable bonds is 6. The Morgan fingerprint density at radius 1 is 1.26 bits per heavy atom. The molecule has 0 spiro atoms. The number of fused-ring (bicyclic) bond motifs is 1. The standard InChI is InChI=1S/C20H18N10O/c1-22-20(31)12-4-14(6-15(5-12)29-11-23-10-25-29)27-18-7-17(26-13-2-3-13)19-24-9-16(8-21)30(19)28-18/h4-7,9-11,13,26H,2-3H2,1H3,(H,22,31)(H,27,28). The van der Waals surface area contributed by atoms with Gasteiger partial charge in [-0.15, -0.1) is 5.10 Å². The first kappa shape index (κ1) is 18.6. The van der Waals surface area contributed by atoms with Gasteiger partial charge in [0, 0.05) is 30.4 Å². The van der Waals surface area contributed by atoms with Crippen LogP contribution < -0.4 is 16.0 Å². The summed E-state index contributed by atoms with van der Waals surface area (Å²) >= 11 is 0. The van der Waals surface area contributed by atoms with Crippen LogP contribution in [-0.4, -0.2) is 48.4 Å². The second kappa shape index (κ2) is 7.42. The van der Waals surface area contributed by atoms with Crippen molar-refractivity contribution >= 4 is 28.7 Å². The van der Waals surface area contributed by atoms with E-state index in [2.05, 4.69) is 42.2 Å². The average Bonchev–Trinajstić information content (AvgIpc) is 3.26. The number of benzene rings is 1. The molecule has 0 aliphatic heterocycles. The summed E-state index contributed by atoms with van der Waals surface area (Å²) in [5.41, 5.74) is 3.47. The first-order valence-corrected chi connectivity index (χ1v) is 9.69. The van der Waals surface area contributed by atoms with Crippen LogP contribution in [0.25, 0.3) is 11.3 Å². The number of imidazole rings is 1. The zero-order valence-electron chi connectivity index (χ0n) is 16.6. The van der Waals surface area contributed by atoms with Crippen LogP contribution in [0.5, 0.6) is 0 Å². The van der Waals surface area contributed by atoms with Crippen molar-refractivity contribution in [2.24, 2.45) is 0 Å². The van der Waals surface area contributed by atoms with Gasteiger partial charge in [0.2, 0.25) is 0 Å². The van der Waals surface area contributed by atoms with Gasteiger partial charge in [0.05, 0.1) is 17.6 Å². The number of aromatic nitrogens is 6. The molecule has 154 valence electrons. The Bertz CT molecular complexity index is 1310. The van der Waals surface area contributed by atoms with Crippen LogP contribution in [0.15, 0.2) is 43.1 Å². The second-order valence-electron chi connectivity index (χ2n) is 7.17. The average molecular weight is 414 g/mol. The number of nitriles is 1. The van der Waals surface area contributed by atoms with E-state index in [0.29, 0.717) is 40.1 Å². The number of hydrogen-bond acceptors (Lipinski definition) is 8. The fraction of sp³-hybridized carbons (Fsp3) is 0.200. The van der Waals surface area contributed by atoms with E-state index in [-0.39, 0.29) is 5.91 Å². The molecule has 0 bridgehead atoms. The molecule has 4 aromatic rings. The summed E-state index contributed by atoms with van der Waals surface area (Å²) in [6, 6.07) is 9.63. The highest BCUT2D eigenvalue weighted by Gasteiger charge is 2.23. The van der Waals surface area contributed by atoms with E-state index in [4.69, 9.17) is 0 Å². The zero-order chi connectivity index (χ0) is 21.4. The minimum absolute atomic E-state index is 0.231. The van der Waals surface area contributed by atoms with Gasteiger partial charge >= 0.3 is 0 Å². The Morgan fingerprint density at radius 2 is 2.13 bits per heavy atom. The zero-order valence-corrected chi connectivity index (χ0v) is 16.6. The van der Waals surface area contributed by atoms with Crippen LogP contribution in [0.1, 0.15) is 28.9 Å². The number of nitrogens with one attached hydrogen (secondary N) is 3. The topological polar surface area (TPSA) is 138 Å². The lowest BCUT2D eigenvalue weighted by Crippen LogP contribution is -2.18. The van der Waals surface area contributed by atoms with Crippen molar-refractivity contribution in [2.45, 2.75) is 18.9 Å². The van der Waals surface area contributed by atoms with Gasteiger partial charge in [0.25, 0.3) is 5.91 Å². The first-order chi connectivity index (χ1) is 15.1. The normalized spacial score (nSPS) is 13.0. The van der Waals surface area contributed by atoms with E-state index in [0.717, 1.165) is 18.5 Å². The molecule has 1 fully saturated rings. The summed E-state index contributed by atoms with van der Waals surface area (Å²) in [7, 11) is 1.57. The Kier molecular flexibility index (Phi) is 4.44. The Labute approximate surface area is 176 Å². The van der Waals surface area contributed by atoms with Gasteiger partial charge in [0.15, 0.2) is 17.2 Å². The minimum atomic E-state index is -0.231. The summed E-state index contributed by atoms with van der Waals surface area (Å²) in [5.74, 6) is 0.273. The van der Waals surface area contributed by atoms with Gasteiger partial charge in [0.1, 0.15) is 18.7 Å². The van der Waals surface area contributed by atoms with Gasteiger partial charge in [-0.25, -0.2) is 14.6 Å². The summed E-state index contributed by atoms with van der Waals surface area (Å²) < 4.78 is 3.08. The van der Waals surface area contributed by atoms with E-state index >= 15 is 0 Å². The van der Waals surface area contributed by atoms with Gasteiger partial charge in [-0.2, -0.15) is 14.9 Å². The molecule has 31 heavy (non-hydrogen) atoms. The quantitative estimate of drug-likeness (QED) is 0.435.